The fraction of sp³-hybridized carbons (Fsp3) is 0.240. The van der Waals surface area contributed by atoms with Crippen LogP contribution in [0, 0.1) is 6.92 Å². The van der Waals surface area contributed by atoms with Gasteiger partial charge in [-0.05, 0) is 56.3 Å². The van der Waals surface area contributed by atoms with Crippen molar-refractivity contribution in [3.8, 4) is 5.75 Å². The van der Waals surface area contributed by atoms with Crippen LogP contribution in [0.2, 0.25) is 0 Å². The number of carbonyl (C=O) groups is 1. The summed E-state index contributed by atoms with van der Waals surface area (Å²) >= 11 is 1.36. The van der Waals surface area contributed by atoms with Gasteiger partial charge in [0.25, 0.3) is 0 Å². The topological polar surface area (TPSA) is 89.5 Å². The number of amides is 1. The first-order chi connectivity index (χ1) is 16.4. The number of aromatic nitrogens is 2. The highest BCUT2D eigenvalue weighted by atomic mass is 32.2. The van der Waals surface area contributed by atoms with Gasteiger partial charge in [0.2, 0.25) is 5.91 Å². The molecular formula is C25H25N3O4S2. The predicted octanol–water partition coefficient (Wildman–Crippen LogP) is 4.80. The van der Waals surface area contributed by atoms with Crippen molar-refractivity contribution in [3.05, 3.63) is 78.1 Å². The summed E-state index contributed by atoms with van der Waals surface area (Å²) in [6.45, 7) is 4.56. The third-order valence-electron chi connectivity index (χ3n) is 5.20. The van der Waals surface area contributed by atoms with E-state index in [-0.39, 0.29) is 29.5 Å². The fourth-order valence-corrected chi connectivity index (χ4v) is 5.64. The largest absolute Gasteiger partial charge is 0.494 e. The second-order valence-corrected chi connectivity index (χ2v) is 10.9. The minimum absolute atomic E-state index is 0.164. The molecule has 0 saturated heterocycles. The van der Waals surface area contributed by atoms with Crippen molar-refractivity contribution >= 4 is 42.4 Å². The van der Waals surface area contributed by atoms with Crippen LogP contribution in [0.3, 0.4) is 0 Å². The molecule has 7 nitrogen and oxygen atoms in total. The van der Waals surface area contributed by atoms with Gasteiger partial charge in [-0.1, -0.05) is 35.1 Å². The molecule has 176 valence electrons. The summed E-state index contributed by atoms with van der Waals surface area (Å²) in [6, 6.07) is 17.7. The Kier molecular flexibility index (Phi) is 7.23. The van der Waals surface area contributed by atoms with Crippen LogP contribution in [0.15, 0.2) is 71.8 Å². The van der Waals surface area contributed by atoms with E-state index in [1.807, 2.05) is 44.2 Å². The number of sulfone groups is 1. The van der Waals surface area contributed by atoms with Crippen LogP contribution in [0.4, 0.5) is 5.13 Å². The van der Waals surface area contributed by atoms with Crippen LogP contribution in [0.5, 0.6) is 5.75 Å². The minimum Gasteiger partial charge on any atom is -0.494 e. The molecule has 0 radical (unpaired) electrons. The molecule has 2 aromatic heterocycles. The molecule has 0 unspecified atom stereocenters. The number of benzene rings is 2. The Morgan fingerprint density at radius 2 is 1.88 bits per heavy atom. The highest BCUT2D eigenvalue weighted by Crippen LogP contribution is 2.32. The number of ether oxygens (including phenoxy) is 1. The van der Waals surface area contributed by atoms with Crippen LogP contribution in [0.25, 0.3) is 10.2 Å². The molecule has 34 heavy (non-hydrogen) atoms. The summed E-state index contributed by atoms with van der Waals surface area (Å²) in [7, 11) is -3.59. The number of anilines is 1. The van der Waals surface area contributed by atoms with E-state index < -0.39 is 9.84 Å². The summed E-state index contributed by atoms with van der Waals surface area (Å²) in [5.41, 5.74) is 2.40. The number of aryl methyl sites for hydroxylation is 1. The Morgan fingerprint density at radius 3 is 2.59 bits per heavy atom. The molecule has 1 amide bonds. The normalized spacial score (nSPS) is 11.5. The van der Waals surface area contributed by atoms with E-state index in [2.05, 4.69) is 9.97 Å². The average Bonchev–Trinajstić information content (AvgIpc) is 3.25. The number of fused-ring (bicyclic) bond motifs is 1. The van der Waals surface area contributed by atoms with E-state index in [1.165, 1.54) is 16.2 Å². The van der Waals surface area contributed by atoms with E-state index >= 15 is 0 Å². The Bertz CT molecular complexity index is 1380. The first kappa shape index (κ1) is 23.8. The zero-order chi connectivity index (χ0) is 24.1. The third-order valence-corrected chi connectivity index (χ3v) is 7.98. The summed E-state index contributed by atoms with van der Waals surface area (Å²) in [4.78, 5) is 24.0. The van der Waals surface area contributed by atoms with Crippen molar-refractivity contribution in [2.24, 2.45) is 0 Å². The minimum atomic E-state index is -3.59. The lowest BCUT2D eigenvalue weighted by molar-refractivity contribution is -0.118. The summed E-state index contributed by atoms with van der Waals surface area (Å²) in [5.74, 6) is 0.120. The molecule has 0 atom stereocenters. The van der Waals surface area contributed by atoms with Crippen molar-refractivity contribution in [1.29, 1.82) is 0 Å². The lowest BCUT2D eigenvalue weighted by Gasteiger charge is -2.19. The Balaban J connectivity index is 1.60. The van der Waals surface area contributed by atoms with Crippen molar-refractivity contribution in [2.75, 3.05) is 17.3 Å². The summed E-state index contributed by atoms with van der Waals surface area (Å²) in [6.07, 6.45) is 1.50. The third kappa shape index (κ3) is 5.60. The van der Waals surface area contributed by atoms with Gasteiger partial charge in [-0.25, -0.2) is 13.4 Å². The van der Waals surface area contributed by atoms with Crippen LogP contribution in [-0.4, -0.2) is 36.7 Å². The molecule has 0 bridgehead atoms. The van der Waals surface area contributed by atoms with Gasteiger partial charge in [-0.15, -0.1) is 0 Å². The lowest BCUT2D eigenvalue weighted by Crippen LogP contribution is -2.32. The number of hydrogen-bond donors (Lipinski definition) is 0. The van der Waals surface area contributed by atoms with Gasteiger partial charge in [-0.2, -0.15) is 0 Å². The standard InChI is InChI=1S/C25H25N3O4S2/c1-3-32-20-9-12-22-23(16-20)33-25(27-22)28(17-19-6-4-5-14-26-19)24(29)13-15-34(30,31)21-10-7-18(2)8-11-21/h4-12,14,16H,3,13,15,17H2,1-2H3. The zero-order valence-corrected chi connectivity index (χ0v) is 20.6. The number of hydrogen-bond acceptors (Lipinski definition) is 7. The molecule has 0 spiro atoms. The molecule has 0 aliphatic rings. The number of rotatable bonds is 9. The van der Waals surface area contributed by atoms with Crippen LogP contribution in [-0.2, 0) is 21.2 Å². The first-order valence-corrected chi connectivity index (χ1v) is 13.4. The average molecular weight is 496 g/mol. The molecule has 0 saturated carbocycles. The van der Waals surface area contributed by atoms with Crippen LogP contribution < -0.4 is 9.64 Å². The predicted molar refractivity (Wildman–Crippen MR) is 134 cm³/mol. The monoisotopic (exact) mass is 495 g/mol. The van der Waals surface area contributed by atoms with Gasteiger partial charge in [0, 0.05) is 12.6 Å². The Morgan fingerprint density at radius 1 is 1.09 bits per heavy atom. The molecule has 4 rings (SSSR count). The van der Waals surface area contributed by atoms with E-state index in [0.29, 0.717) is 17.4 Å². The highest BCUT2D eigenvalue weighted by Gasteiger charge is 2.24. The number of pyridine rings is 1. The molecule has 0 fully saturated rings. The van der Waals surface area contributed by atoms with Gasteiger partial charge < -0.3 is 4.74 Å². The van der Waals surface area contributed by atoms with Crippen molar-refractivity contribution < 1.29 is 17.9 Å². The second kappa shape index (κ2) is 10.3. The summed E-state index contributed by atoms with van der Waals surface area (Å²) < 4.78 is 32.0. The van der Waals surface area contributed by atoms with E-state index in [9.17, 15) is 13.2 Å². The molecule has 0 aliphatic heterocycles. The number of thiazole rings is 1. The second-order valence-electron chi connectivity index (χ2n) is 7.74. The Labute approximate surface area is 203 Å². The molecule has 4 aromatic rings. The van der Waals surface area contributed by atoms with E-state index in [4.69, 9.17) is 4.74 Å². The molecule has 0 N–H and O–H groups in total. The quantitative estimate of drug-likeness (QED) is 0.332. The molecule has 2 heterocycles. The van der Waals surface area contributed by atoms with Crippen molar-refractivity contribution in [2.45, 2.75) is 31.7 Å². The fourth-order valence-electron chi connectivity index (χ4n) is 3.40. The summed E-state index contributed by atoms with van der Waals surface area (Å²) in [5, 5.41) is 0.493. The van der Waals surface area contributed by atoms with Gasteiger partial charge in [0.1, 0.15) is 5.75 Å². The SMILES string of the molecule is CCOc1ccc2nc(N(Cc3ccccn3)C(=O)CCS(=O)(=O)c3ccc(C)cc3)sc2c1. The maximum Gasteiger partial charge on any atom is 0.230 e. The van der Waals surface area contributed by atoms with Gasteiger partial charge in [0.05, 0.1) is 39.7 Å². The van der Waals surface area contributed by atoms with Gasteiger partial charge >= 0.3 is 0 Å². The Hall–Kier alpha value is -3.30. The van der Waals surface area contributed by atoms with Crippen molar-refractivity contribution in [1.82, 2.24) is 9.97 Å². The van der Waals surface area contributed by atoms with Crippen LogP contribution in [0.1, 0.15) is 24.6 Å². The number of carbonyl (C=O) groups excluding carboxylic acids is 1. The van der Waals surface area contributed by atoms with E-state index in [0.717, 1.165) is 21.5 Å². The lowest BCUT2D eigenvalue weighted by atomic mass is 10.2. The number of nitrogens with zero attached hydrogens (tertiary/aromatic N) is 3. The zero-order valence-electron chi connectivity index (χ0n) is 19.0. The van der Waals surface area contributed by atoms with Gasteiger partial charge in [0.15, 0.2) is 15.0 Å². The molecule has 2 aromatic carbocycles. The maximum atomic E-state index is 13.3. The molecule has 9 heteroatoms. The highest BCUT2D eigenvalue weighted by molar-refractivity contribution is 7.91. The van der Waals surface area contributed by atoms with Crippen LogP contribution >= 0.6 is 11.3 Å². The smallest absolute Gasteiger partial charge is 0.230 e. The molecule has 0 aliphatic carbocycles. The van der Waals surface area contributed by atoms with Gasteiger partial charge in [-0.3, -0.25) is 14.7 Å². The maximum absolute atomic E-state index is 13.3. The molecular weight excluding hydrogens is 470 g/mol. The van der Waals surface area contributed by atoms with Crippen molar-refractivity contribution in [3.63, 3.8) is 0 Å². The van der Waals surface area contributed by atoms with E-state index in [1.54, 1.807) is 36.5 Å². The first-order valence-electron chi connectivity index (χ1n) is 10.9.